The number of halogens is 1. The van der Waals surface area contributed by atoms with Gasteiger partial charge in [-0.2, -0.15) is 5.10 Å². The normalized spacial score (nSPS) is 12.1. The second-order valence-electron chi connectivity index (χ2n) is 5.22. The molecular weight excluding hydrogens is 315 g/mol. The van der Waals surface area contributed by atoms with E-state index in [0.29, 0.717) is 23.2 Å². The van der Waals surface area contributed by atoms with Crippen molar-refractivity contribution in [3.05, 3.63) is 58.4 Å². The molecular formula is C16H15FN4OS. The second-order valence-corrected chi connectivity index (χ2v) is 6.19. The van der Waals surface area contributed by atoms with Gasteiger partial charge in [0.25, 0.3) is 5.91 Å². The third-order valence-electron chi connectivity index (χ3n) is 3.37. The van der Waals surface area contributed by atoms with Crippen molar-refractivity contribution in [1.29, 1.82) is 0 Å². The third-order valence-corrected chi connectivity index (χ3v) is 4.17. The lowest BCUT2D eigenvalue weighted by Gasteiger charge is -2.12. The zero-order valence-corrected chi connectivity index (χ0v) is 13.2. The molecule has 2 N–H and O–H groups in total. The van der Waals surface area contributed by atoms with Crippen LogP contribution in [-0.4, -0.2) is 27.1 Å². The highest BCUT2D eigenvalue weighted by Crippen LogP contribution is 2.22. The van der Waals surface area contributed by atoms with Gasteiger partial charge in [-0.1, -0.05) is 12.1 Å². The molecule has 0 unspecified atom stereocenters. The molecule has 1 atom stereocenters. The lowest BCUT2D eigenvalue weighted by atomic mass is 10.1. The number of benzene rings is 1. The van der Waals surface area contributed by atoms with E-state index in [2.05, 4.69) is 20.5 Å². The average Bonchev–Trinajstić information content (AvgIpc) is 3.17. The Hall–Kier alpha value is -2.54. The zero-order valence-electron chi connectivity index (χ0n) is 12.4. The Morgan fingerprint density at radius 1 is 1.43 bits per heavy atom. The van der Waals surface area contributed by atoms with Gasteiger partial charge in [0.05, 0.1) is 23.0 Å². The molecule has 3 aromatic rings. The first kappa shape index (κ1) is 15.4. The molecule has 1 aromatic carbocycles. The van der Waals surface area contributed by atoms with Crippen molar-refractivity contribution < 1.29 is 9.18 Å². The molecule has 1 amide bonds. The van der Waals surface area contributed by atoms with E-state index in [1.54, 1.807) is 35.2 Å². The van der Waals surface area contributed by atoms with E-state index in [1.807, 2.05) is 6.92 Å². The fourth-order valence-corrected chi connectivity index (χ4v) is 3.04. The smallest absolute Gasteiger partial charge is 0.255 e. The summed E-state index contributed by atoms with van der Waals surface area (Å²) in [5, 5.41) is 9.61. The molecule has 23 heavy (non-hydrogen) atoms. The first-order chi connectivity index (χ1) is 11.1. The molecule has 0 radical (unpaired) electrons. The molecule has 0 saturated carbocycles. The number of thiazole rings is 1. The molecule has 2 heterocycles. The summed E-state index contributed by atoms with van der Waals surface area (Å²) >= 11 is 1.55. The molecule has 5 nitrogen and oxygen atoms in total. The summed E-state index contributed by atoms with van der Waals surface area (Å²) in [7, 11) is 0. The van der Waals surface area contributed by atoms with Gasteiger partial charge in [0, 0.05) is 29.1 Å². The van der Waals surface area contributed by atoms with Crippen molar-refractivity contribution in [1.82, 2.24) is 20.5 Å². The largest absolute Gasteiger partial charge is 0.349 e. The number of aromatic nitrogens is 3. The van der Waals surface area contributed by atoms with Gasteiger partial charge in [-0.15, -0.1) is 11.3 Å². The number of nitrogens with zero attached hydrogens (tertiary/aromatic N) is 2. The first-order valence-corrected chi connectivity index (χ1v) is 7.99. The Morgan fingerprint density at radius 3 is 3.04 bits per heavy atom. The van der Waals surface area contributed by atoms with Crippen LogP contribution in [0.15, 0.2) is 42.2 Å². The zero-order chi connectivity index (χ0) is 16.2. The predicted octanol–water partition coefficient (Wildman–Crippen LogP) is 3.03. The highest BCUT2D eigenvalue weighted by molar-refractivity contribution is 7.09. The van der Waals surface area contributed by atoms with Gasteiger partial charge in [0.2, 0.25) is 0 Å². The minimum absolute atomic E-state index is 0.0433. The number of hydrogen-bond donors (Lipinski definition) is 2. The van der Waals surface area contributed by atoms with Crippen LogP contribution in [0.25, 0.3) is 11.3 Å². The number of aromatic amines is 1. The van der Waals surface area contributed by atoms with Crippen LogP contribution in [0, 0.1) is 5.82 Å². The topological polar surface area (TPSA) is 70.7 Å². The Kier molecular flexibility index (Phi) is 4.47. The molecule has 0 aliphatic rings. The van der Waals surface area contributed by atoms with Crippen molar-refractivity contribution in [3.8, 4) is 11.3 Å². The van der Waals surface area contributed by atoms with Crippen molar-refractivity contribution in [2.75, 3.05) is 0 Å². The Balaban J connectivity index is 1.74. The van der Waals surface area contributed by atoms with Crippen molar-refractivity contribution in [3.63, 3.8) is 0 Å². The molecule has 2 aromatic heterocycles. The van der Waals surface area contributed by atoms with Crippen LogP contribution in [0.3, 0.4) is 0 Å². The Morgan fingerprint density at radius 2 is 2.30 bits per heavy atom. The van der Waals surface area contributed by atoms with Gasteiger partial charge in [-0.3, -0.25) is 14.9 Å². The molecule has 3 rings (SSSR count). The van der Waals surface area contributed by atoms with Crippen molar-refractivity contribution in [2.45, 2.75) is 19.4 Å². The van der Waals surface area contributed by atoms with Gasteiger partial charge in [-0.05, 0) is 19.1 Å². The van der Waals surface area contributed by atoms with E-state index in [9.17, 15) is 9.18 Å². The molecule has 0 saturated heterocycles. The van der Waals surface area contributed by atoms with Crippen molar-refractivity contribution >= 4 is 17.2 Å². The van der Waals surface area contributed by atoms with Crippen LogP contribution in [0.5, 0.6) is 0 Å². The van der Waals surface area contributed by atoms with Crippen LogP contribution < -0.4 is 5.32 Å². The van der Waals surface area contributed by atoms with E-state index in [1.165, 1.54) is 18.3 Å². The monoisotopic (exact) mass is 330 g/mol. The highest BCUT2D eigenvalue weighted by Gasteiger charge is 2.17. The van der Waals surface area contributed by atoms with Crippen molar-refractivity contribution in [2.24, 2.45) is 0 Å². The van der Waals surface area contributed by atoms with Gasteiger partial charge in [-0.25, -0.2) is 4.39 Å². The van der Waals surface area contributed by atoms with Gasteiger partial charge in [0.1, 0.15) is 5.82 Å². The summed E-state index contributed by atoms with van der Waals surface area (Å²) in [6, 6.07) is 6.01. The maximum Gasteiger partial charge on any atom is 0.255 e. The average molecular weight is 330 g/mol. The van der Waals surface area contributed by atoms with E-state index in [0.717, 1.165) is 4.88 Å². The van der Waals surface area contributed by atoms with Crippen LogP contribution in [0.2, 0.25) is 0 Å². The minimum Gasteiger partial charge on any atom is -0.349 e. The molecule has 0 bridgehead atoms. The van der Waals surface area contributed by atoms with E-state index >= 15 is 0 Å². The minimum atomic E-state index is -0.359. The standard InChI is InChI=1S/C16H15FN4OS/c1-10(5-13-7-18-9-23-13)20-16(22)14-8-19-21-15(14)11-3-2-4-12(17)6-11/h2-4,6-10H,5H2,1H3,(H,19,21)(H,20,22)/t10-/m1/s1. The first-order valence-electron chi connectivity index (χ1n) is 7.11. The van der Waals surface area contributed by atoms with E-state index in [4.69, 9.17) is 0 Å². The summed E-state index contributed by atoms with van der Waals surface area (Å²) < 4.78 is 13.4. The molecule has 0 aliphatic carbocycles. The van der Waals surface area contributed by atoms with Gasteiger partial charge >= 0.3 is 0 Å². The predicted molar refractivity (Wildman–Crippen MR) is 86.7 cm³/mol. The summed E-state index contributed by atoms with van der Waals surface area (Å²) in [5.41, 5.74) is 3.25. The second kappa shape index (κ2) is 6.70. The van der Waals surface area contributed by atoms with Crippen LogP contribution in [0.1, 0.15) is 22.2 Å². The number of rotatable bonds is 5. The molecule has 7 heteroatoms. The Bertz CT molecular complexity index is 800. The molecule has 0 fully saturated rings. The van der Waals surface area contributed by atoms with E-state index in [-0.39, 0.29) is 17.8 Å². The number of amides is 1. The van der Waals surface area contributed by atoms with E-state index < -0.39 is 0 Å². The SMILES string of the molecule is C[C@H](Cc1cncs1)NC(=O)c1cn[nH]c1-c1cccc(F)c1. The Labute approximate surface area is 136 Å². The van der Waals surface area contributed by atoms with Gasteiger partial charge < -0.3 is 5.32 Å². The number of carbonyl (C=O) groups is 1. The number of nitrogens with one attached hydrogen (secondary N) is 2. The molecule has 0 spiro atoms. The van der Waals surface area contributed by atoms with Gasteiger partial charge in [0.15, 0.2) is 0 Å². The molecule has 118 valence electrons. The number of hydrogen-bond acceptors (Lipinski definition) is 4. The maximum atomic E-state index is 13.4. The summed E-state index contributed by atoms with van der Waals surface area (Å²) in [6.45, 7) is 1.93. The lowest BCUT2D eigenvalue weighted by molar-refractivity contribution is 0.0941. The fraction of sp³-hybridized carbons (Fsp3) is 0.188. The summed E-state index contributed by atoms with van der Waals surface area (Å²) in [4.78, 5) is 17.6. The third kappa shape index (κ3) is 3.62. The molecule has 0 aliphatic heterocycles. The highest BCUT2D eigenvalue weighted by atomic mass is 32.1. The quantitative estimate of drug-likeness (QED) is 0.755. The van der Waals surface area contributed by atoms with Crippen LogP contribution in [-0.2, 0) is 6.42 Å². The fourth-order valence-electron chi connectivity index (χ4n) is 2.32. The maximum absolute atomic E-state index is 13.4. The van der Waals surface area contributed by atoms with Crippen LogP contribution >= 0.6 is 11.3 Å². The summed E-state index contributed by atoms with van der Waals surface area (Å²) in [5.74, 6) is -0.600. The number of carbonyl (C=O) groups excluding carboxylic acids is 1. The lowest BCUT2D eigenvalue weighted by Crippen LogP contribution is -2.34. The summed E-state index contributed by atoms with van der Waals surface area (Å²) in [6.07, 6.45) is 3.96. The number of H-pyrrole nitrogens is 1. The van der Waals surface area contributed by atoms with Crippen LogP contribution in [0.4, 0.5) is 4.39 Å².